The van der Waals surface area contributed by atoms with Crippen molar-refractivity contribution in [3.63, 3.8) is 0 Å². The van der Waals surface area contributed by atoms with Crippen LogP contribution in [0.3, 0.4) is 0 Å². The molecule has 1 saturated carbocycles. The summed E-state index contributed by atoms with van der Waals surface area (Å²) < 4.78 is 25.1. The largest absolute Gasteiger partial charge is 0.466 e. The van der Waals surface area contributed by atoms with Gasteiger partial charge in [0.05, 0.1) is 37.6 Å². The summed E-state index contributed by atoms with van der Waals surface area (Å²) in [7, 11) is 0. The SMILES string of the molecule is CCOC(=O)Cc1csc(NN=Cc2ccc(COC3CCCCC3)c(F)c2)n1. The molecule has 0 atom stereocenters. The molecule has 1 aromatic carbocycles. The van der Waals surface area contributed by atoms with E-state index < -0.39 is 0 Å². The van der Waals surface area contributed by atoms with Gasteiger partial charge < -0.3 is 9.47 Å². The molecule has 29 heavy (non-hydrogen) atoms. The van der Waals surface area contributed by atoms with Crippen molar-refractivity contribution in [1.29, 1.82) is 0 Å². The summed E-state index contributed by atoms with van der Waals surface area (Å²) in [6.07, 6.45) is 7.70. The first kappa shape index (κ1) is 21.4. The van der Waals surface area contributed by atoms with Crippen LogP contribution in [0.1, 0.15) is 55.8 Å². The van der Waals surface area contributed by atoms with Crippen LogP contribution in [-0.4, -0.2) is 29.9 Å². The fourth-order valence-electron chi connectivity index (χ4n) is 3.16. The highest BCUT2D eigenvalue weighted by Gasteiger charge is 2.14. The molecule has 156 valence electrons. The number of halogens is 1. The Morgan fingerprint density at radius 1 is 1.38 bits per heavy atom. The monoisotopic (exact) mass is 419 g/mol. The Bertz CT molecular complexity index is 834. The topological polar surface area (TPSA) is 72.8 Å². The van der Waals surface area contributed by atoms with E-state index in [2.05, 4.69) is 15.5 Å². The maximum atomic E-state index is 14.3. The number of hydrogen-bond acceptors (Lipinski definition) is 7. The van der Waals surface area contributed by atoms with Crippen molar-refractivity contribution in [2.24, 2.45) is 5.10 Å². The third kappa shape index (κ3) is 6.90. The summed E-state index contributed by atoms with van der Waals surface area (Å²) in [5, 5.41) is 6.42. The van der Waals surface area contributed by atoms with Crippen LogP contribution in [0.15, 0.2) is 28.7 Å². The zero-order valence-corrected chi connectivity index (χ0v) is 17.3. The second-order valence-corrected chi connectivity index (χ2v) is 7.78. The van der Waals surface area contributed by atoms with E-state index in [0.717, 1.165) is 12.8 Å². The van der Waals surface area contributed by atoms with Gasteiger partial charge in [-0.05, 0) is 31.4 Å². The molecule has 1 aromatic heterocycles. The fraction of sp³-hybridized carbons (Fsp3) is 0.476. The summed E-state index contributed by atoms with van der Waals surface area (Å²) in [5.41, 5.74) is 4.62. The van der Waals surface area contributed by atoms with E-state index in [1.54, 1.807) is 18.4 Å². The predicted molar refractivity (Wildman–Crippen MR) is 112 cm³/mol. The van der Waals surface area contributed by atoms with E-state index in [1.165, 1.54) is 42.9 Å². The molecule has 1 N–H and O–H groups in total. The number of anilines is 1. The summed E-state index contributed by atoms with van der Waals surface area (Å²) in [5.74, 6) is -0.605. The summed E-state index contributed by atoms with van der Waals surface area (Å²) in [4.78, 5) is 15.7. The molecule has 0 saturated heterocycles. The van der Waals surface area contributed by atoms with Crippen LogP contribution in [0.25, 0.3) is 0 Å². The smallest absolute Gasteiger partial charge is 0.311 e. The highest BCUT2D eigenvalue weighted by Crippen LogP contribution is 2.22. The Morgan fingerprint density at radius 2 is 2.21 bits per heavy atom. The van der Waals surface area contributed by atoms with E-state index in [9.17, 15) is 9.18 Å². The number of nitrogens with one attached hydrogen (secondary N) is 1. The van der Waals surface area contributed by atoms with Crippen LogP contribution in [0, 0.1) is 5.82 Å². The molecule has 1 aliphatic carbocycles. The van der Waals surface area contributed by atoms with Gasteiger partial charge in [0.15, 0.2) is 0 Å². The Balaban J connectivity index is 1.48. The maximum absolute atomic E-state index is 14.3. The third-order valence-corrected chi connectivity index (χ3v) is 5.46. The van der Waals surface area contributed by atoms with Gasteiger partial charge in [0.1, 0.15) is 5.82 Å². The lowest BCUT2D eigenvalue weighted by Crippen LogP contribution is -2.16. The lowest BCUT2D eigenvalue weighted by Gasteiger charge is -2.22. The number of carbonyl (C=O) groups excluding carboxylic acids is 1. The quantitative estimate of drug-likeness (QED) is 0.363. The van der Waals surface area contributed by atoms with E-state index in [0.29, 0.717) is 35.2 Å². The average molecular weight is 420 g/mol. The minimum atomic E-state index is -0.309. The van der Waals surface area contributed by atoms with Crippen molar-refractivity contribution >= 4 is 28.7 Å². The normalized spacial score (nSPS) is 15.0. The molecule has 0 aliphatic heterocycles. The number of ether oxygens (including phenoxy) is 2. The van der Waals surface area contributed by atoms with Crippen LogP contribution in [0.2, 0.25) is 0 Å². The zero-order chi connectivity index (χ0) is 20.5. The Hall–Kier alpha value is -2.32. The number of nitrogens with zero attached hydrogens (tertiary/aromatic N) is 2. The zero-order valence-electron chi connectivity index (χ0n) is 16.5. The number of aromatic nitrogens is 1. The molecule has 0 radical (unpaired) electrons. The number of thiazole rings is 1. The van der Waals surface area contributed by atoms with Crippen LogP contribution in [0.5, 0.6) is 0 Å². The van der Waals surface area contributed by atoms with Crippen molar-refractivity contribution < 1.29 is 18.7 Å². The van der Waals surface area contributed by atoms with Crippen molar-refractivity contribution in [2.45, 2.75) is 58.2 Å². The van der Waals surface area contributed by atoms with Crippen LogP contribution < -0.4 is 5.43 Å². The Kier molecular flexibility index (Phi) is 8.13. The van der Waals surface area contributed by atoms with Crippen molar-refractivity contribution in [2.75, 3.05) is 12.0 Å². The van der Waals surface area contributed by atoms with Gasteiger partial charge in [-0.1, -0.05) is 31.4 Å². The van der Waals surface area contributed by atoms with Crippen molar-refractivity contribution in [3.8, 4) is 0 Å². The minimum Gasteiger partial charge on any atom is -0.466 e. The van der Waals surface area contributed by atoms with Crippen LogP contribution in [-0.2, 0) is 27.3 Å². The molecule has 0 unspecified atom stereocenters. The van der Waals surface area contributed by atoms with E-state index >= 15 is 0 Å². The second-order valence-electron chi connectivity index (χ2n) is 6.92. The number of carbonyl (C=O) groups is 1. The molecular weight excluding hydrogens is 393 g/mol. The number of hydrogen-bond donors (Lipinski definition) is 1. The first-order valence-electron chi connectivity index (χ1n) is 9.93. The first-order chi connectivity index (χ1) is 14.1. The van der Waals surface area contributed by atoms with Gasteiger partial charge in [0.2, 0.25) is 5.13 Å². The number of hydrazone groups is 1. The van der Waals surface area contributed by atoms with Gasteiger partial charge in [-0.3, -0.25) is 10.2 Å². The average Bonchev–Trinajstić information content (AvgIpc) is 3.15. The molecule has 1 aliphatic rings. The number of benzene rings is 1. The number of esters is 1. The lowest BCUT2D eigenvalue weighted by atomic mass is 9.98. The molecule has 8 heteroatoms. The number of rotatable bonds is 9. The summed E-state index contributed by atoms with van der Waals surface area (Å²) in [6.45, 7) is 2.41. The minimum absolute atomic E-state index is 0.130. The van der Waals surface area contributed by atoms with Gasteiger partial charge in [-0.15, -0.1) is 11.3 Å². The Labute approximate surface area is 174 Å². The highest BCUT2D eigenvalue weighted by molar-refractivity contribution is 7.13. The van der Waals surface area contributed by atoms with Crippen LogP contribution >= 0.6 is 11.3 Å². The molecule has 1 fully saturated rings. The Morgan fingerprint density at radius 3 is 2.97 bits per heavy atom. The standard InChI is InChI=1S/C21H26FN3O3S/c1-2-27-20(26)11-17-14-29-21(24-17)25-23-12-15-8-9-16(19(22)10-15)13-28-18-6-4-3-5-7-18/h8-10,12,14,18H,2-7,11,13H2,1H3,(H,24,25). The fourth-order valence-corrected chi connectivity index (χ4v) is 3.82. The molecular formula is C21H26FN3O3S. The predicted octanol–water partition coefficient (Wildman–Crippen LogP) is 4.68. The van der Waals surface area contributed by atoms with Crippen molar-refractivity contribution in [3.05, 3.63) is 46.2 Å². The second kappa shape index (κ2) is 11.0. The van der Waals surface area contributed by atoms with Gasteiger partial charge in [0, 0.05) is 10.9 Å². The summed E-state index contributed by atoms with van der Waals surface area (Å²) >= 11 is 1.34. The first-order valence-corrected chi connectivity index (χ1v) is 10.8. The lowest BCUT2D eigenvalue weighted by molar-refractivity contribution is -0.142. The van der Waals surface area contributed by atoms with Crippen LogP contribution in [0.4, 0.5) is 9.52 Å². The third-order valence-electron chi connectivity index (χ3n) is 4.66. The highest BCUT2D eigenvalue weighted by atomic mass is 32.1. The van der Waals surface area contributed by atoms with Gasteiger partial charge in [0.25, 0.3) is 0 Å². The molecule has 3 rings (SSSR count). The molecule has 0 bridgehead atoms. The molecule has 6 nitrogen and oxygen atoms in total. The van der Waals surface area contributed by atoms with Gasteiger partial charge in [-0.2, -0.15) is 5.10 Å². The maximum Gasteiger partial charge on any atom is 0.311 e. The van der Waals surface area contributed by atoms with Gasteiger partial charge >= 0.3 is 5.97 Å². The molecule has 2 aromatic rings. The van der Waals surface area contributed by atoms with E-state index in [1.807, 2.05) is 6.07 Å². The van der Waals surface area contributed by atoms with E-state index in [4.69, 9.17) is 9.47 Å². The molecule has 1 heterocycles. The molecule has 0 amide bonds. The van der Waals surface area contributed by atoms with E-state index in [-0.39, 0.29) is 24.3 Å². The summed E-state index contributed by atoms with van der Waals surface area (Å²) in [6, 6.07) is 4.99. The van der Waals surface area contributed by atoms with Crippen molar-refractivity contribution in [1.82, 2.24) is 4.98 Å². The van der Waals surface area contributed by atoms with Gasteiger partial charge in [-0.25, -0.2) is 9.37 Å². The molecule has 0 spiro atoms.